The number of aromatic nitrogens is 1. The summed E-state index contributed by atoms with van der Waals surface area (Å²) in [7, 11) is 0. The van der Waals surface area contributed by atoms with Crippen molar-refractivity contribution >= 4 is 18.1 Å². The second-order valence-corrected chi connectivity index (χ2v) is 5.39. The summed E-state index contributed by atoms with van der Waals surface area (Å²) < 4.78 is 18.4. The van der Waals surface area contributed by atoms with E-state index in [2.05, 4.69) is 15.5 Å². The monoisotopic (exact) mass is 363 g/mol. The Morgan fingerprint density at radius 1 is 1.04 bits per heavy atom. The maximum Gasteiger partial charge on any atom is 0.343 e. The standard InChI is InChI=1S/C20H14FN3O3/c21-16-7-4-6-15(12-16)20(26)27-17-8-3-5-14(11-17)13-23-24-19(25)18-9-1-2-10-22-18/h1-13H,(H,24,25)/b23-13-. The van der Waals surface area contributed by atoms with Gasteiger partial charge < -0.3 is 4.74 Å². The fourth-order valence-electron chi connectivity index (χ4n) is 2.16. The number of benzene rings is 2. The molecule has 0 atom stereocenters. The Hall–Kier alpha value is -3.87. The van der Waals surface area contributed by atoms with Gasteiger partial charge in [-0.25, -0.2) is 14.6 Å². The molecule has 0 aliphatic carbocycles. The lowest BCUT2D eigenvalue weighted by molar-refractivity contribution is 0.0734. The maximum absolute atomic E-state index is 13.2. The number of hydrazone groups is 1. The van der Waals surface area contributed by atoms with Gasteiger partial charge in [-0.2, -0.15) is 5.10 Å². The van der Waals surface area contributed by atoms with Crippen LogP contribution in [-0.2, 0) is 0 Å². The highest BCUT2D eigenvalue weighted by Crippen LogP contribution is 2.15. The van der Waals surface area contributed by atoms with E-state index in [-0.39, 0.29) is 17.0 Å². The van der Waals surface area contributed by atoms with Gasteiger partial charge in [0.15, 0.2) is 0 Å². The molecule has 6 nitrogen and oxygen atoms in total. The van der Waals surface area contributed by atoms with Crippen LogP contribution in [0.2, 0.25) is 0 Å². The quantitative estimate of drug-likeness (QED) is 0.327. The van der Waals surface area contributed by atoms with E-state index in [0.29, 0.717) is 5.56 Å². The van der Waals surface area contributed by atoms with Crippen LogP contribution in [0.5, 0.6) is 5.75 Å². The molecule has 1 amide bonds. The van der Waals surface area contributed by atoms with Crippen molar-refractivity contribution in [2.75, 3.05) is 0 Å². The van der Waals surface area contributed by atoms with Crippen LogP contribution in [0.3, 0.4) is 0 Å². The number of hydrogen-bond donors (Lipinski definition) is 1. The third-order valence-corrected chi connectivity index (χ3v) is 3.41. The van der Waals surface area contributed by atoms with Gasteiger partial charge in [0.25, 0.3) is 5.91 Å². The summed E-state index contributed by atoms with van der Waals surface area (Å²) in [5, 5.41) is 3.85. The molecule has 3 rings (SSSR count). The summed E-state index contributed by atoms with van der Waals surface area (Å²) in [4.78, 5) is 27.8. The molecule has 1 N–H and O–H groups in total. The largest absolute Gasteiger partial charge is 0.423 e. The molecule has 134 valence electrons. The average molecular weight is 363 g/mol. The maximum atomic E-state index is 13.2. The minimum absolute atomic E-state index is 0.108. The van der Waals surface area contributed by atoms with Crippen LogP contribution in [0.1, 0.15) is 26.4 Å². The van der Waals surface area contributed by atoms with E-state index >= 15 is 0 Å². The molecular weight excluding hydrogens is 349 g/mol. The van der Waals surface area contributed by atoms with E-state index in [1.165, 1.54) is 30.6 Å². The number of halogens is 1. The Morgan fingerprint density at radius 2 is 1.89 bits per heavy atom. The molecule has 0 bridgehead atoms. The molecule has 1 heterocycles. The number of nitrogens with one attached hydrogen (secondary N) is 1. The number of hydrogen-bond acceptors (Lipinski definition) is 5. The summed E-state index contributed by atoms with van der Waals surface area (Å²) >= 11 is 0. The van der Waals surface area contributed by atoms with Crippen molar-refractivity contribution in [3.05, 3.63) is 95.6 Å². The van der Waals surface area contributed by atoms with Gasteiger partial charge in [-0.15, -0.1) is 0 Å². The Balaban J connectivity index is 1.63. The summed E-state index contributed by atoms with van der Waals surface area (Å²) in [5.74, 6) is -1.37. The van der Waals surface area contributed by atoms with Crippen LogP contribution in [0.15, 0.2) is 78.0 Å². The molecule has 0 unspecified atom stereocenters. The van der Waals surface area contributed by atoms with E-state index < -0.39 is 17.7 Å². The molecule has 0 saturated carbocycles. The molecule has 0 aliphatic rings. The number of pyridine rings is 1. The van der Waals surface area contributed by atoms with Crippen LogP contribution in [0.4, 0.5) is 4.39 Å². The van der Waals surface area contributed by atoms with Gasteiger partial charge in [-0.05, 0) is 48.0 Å². The van der Waals surface area contributed by atoms with Gasteiger partial charge in [0.2, 0.25) is 0 Å². The lowest BCUT2D eigenvalue weighted by Gasteiger charge is -2.05. The first-order chi connectivity index (χ1) is 13.1. The summed E-state index contributed by atoms with van der Waals surface area (Å²) in [6, 6.07) is 16.7. The lowest BCUT2D eigenvalue weighted by Crippen LogP contribution is -2.18. The third-order valence-electron chi connectivity index (χ3n) is 3.41. The number of carbonyl (C=O) groups is 2. The van der Waals surface area contributed by atoms with Gasteiger partial charge in [0, 0.05) is 6.20 Å². The van der Waals surface area contributed by atoms with Crippen molar-refractivity contribution < 1.29 is 18.7 Å². The minimum atomic E-state index is -0.674. The molecule has 0 saturated heterocycles. The van der Waals surface area contributed by atoms with E-state index in [9.17, 15) is 14.0 Å². The second kappa shape index (κ2) is 8.48. The van der Waals surface area contributed by atoms with Crippen LogP contribution in [0, 0.1) is 5.82 Å². The van der Waals surface area contributed by atoms with Crippen molar-refractivity contribution in [3.63, 3.8) is 0 Å². The van der Waals surface area contributed by atoms with Crippen LogP contribution in [0.25, 0.3) is 0 Å². The molecule has 0 fully saturated rings. The Kier molecular flexibility index (Phi) is 5.64. The SMILES string of the molecule is O=C(Oc1cccc(/C=N\NC(=O)c2ccccn2)c1)c1cccc(F)c1. The van der Waals surface area contributed by atoms with Crippen molar-refractivity contribution in [3.8, 4) is 5.75 Å². The number of nitrogens with zero attached hydrogens (tertiary/aromatic N) is 2. The Labute approximate surface area is 154 Å². The van der Waals surface area contributed by atoms with Crippen LogP contribution in [-0.4, -0.2) is 23.1 Å². The molecule has 0 spiro atoms. The van der Waals surface area contributed by atoms with Gasteiger partial charge in [-0.1, -0.05) is 24.3 Å². The van der Waals surface area contributed by atoms with Crippen molar-refractivity contribution in [1.29, 1.82) is 0 Å². The second-order valence-electron chi connectivity index (χ2n) is 5.39. The highest BCUT2D eigenvalue weighted by molar-refractivity contribution is 5.93. The predicted octanol–water partition coefficient (Wildman–Crippen LogP) is 3.20. The van der Waals surface area contributed by atoms with Crippen molar-refractivity contribution in [2.45, 2.75) is 0 Å². The van der Waals surface area contributed by atoms with Gasteiger partial charge in [0.1, 0.15) is 17.3 Å². The number of ether oxygens (including phenoxy) is 1. The summed E-state index contributed by atoms with van der Waals surface area (Å²) in [6.45, 7) is 0. The molecular formula is C20H14FN3O3. The molecule has 1 aromatic heterocycles. The fraction of sp³-hybridized carbons (Fsp3) is 0. The predicted molar refractivity (Wildman–Crippen MR) is 97.1 cm³/mol. The Bertz CT molecular complexity index is 991. The lowest BCUT2D eigenvalue weighted by atomic mass is 10.2. The molecule has 3 aromatic rings. The number of amides is 1. The number of esters is 1. The number of rotatable bonds is 5. The normalized spacial score (nSPS) is 10.6. The molecule has 0 aliphatic heterocycles. The first-order valence-electron chi connectivity index (χ1n) is 7.94. The third kappa shape index (κ3) is 5.05. The van der Waals surface area contributed by atoms with E-state index in [1.54, 1.807) is 42.5 Å². The average Bonchev–Trinajstić information content (AvgIpc) is 2.69. The zero-order valence-electron chi connectivity index (χ0n) is 14.0. The topological polar surface area (TPSA) is 80.6 Å². The van der Waals surface area contributed by atoms with Gasteiger partial charge >= 0.3 is 5.97 Å². The van der Waals surface area contributed by atoms with Crippen LogP contribution < -0.4 is 10.2 Å². The molecule has 7 heteroatoms. The molecule has 27 heavy (non-hydrogen) atoms. The van der Waals surface area contributed by atoms with Crippen molar-refractivity contribution in [1.82, 2.24) is 10.4 Å². The Morgan fingerprint density at radius 3 is 2.67 bits per heavy atom. The minimum Gasteiger partial charge on any atom is -0.423 e. The molecule has 0 radical (unpaired) electrons. The fourth-order valence-corrected chi connectivity index (χ4v) is 2.16. The molecule has 2 aromatic carbocycles. The zero-order valence-corrected chi connectivity index (χ0v) is 14.0. The van der Waals surface area contributed by atoms with E-state index in [1.807, 2.05) is 0 Å². The summed E-state index contributed by atoms with van der Waals surface area (Å²) in [6.07, 6.45) is 2.91. The zero-order chi connectivity index (χ0) is 19.1. The van der Waals surface area contributed by atoms with Crippen molar-refractivity contribution in [2.24, 2.45) is 5.10 Å². The highest BCUT2D eigenvalue weighted by Gasteiger charge is 2.09. The van der Waals surface area contributed by atoms with Gasteiger partial charge in [-0.3, -0.25) is 9.78 Å². The smallest absolute Gasteiger partial charge is 0.343 e. The first kappa shape index (κ1) is 17.9. The van der Waals surface area contributed by atoms with E-state index in [0.717, 1.165) is 6.07 Å². The first-order valence-corrected chi connectivity index (χ1v) is 7.94. The van der Waals surface area contributed by atoms with Gasteiger partial charge in [0.05, 0.1) is 11.8 Å². The highest BCUT2D eigenvalue weighted by atomic mass is 19.1. The number of carbonyl (C=O) groups excluding carboxylic acids is 2. The summed E-state index contributed by atoms with van der Waals surface area (Å²) in [5.41, 5.74) is 3.31. The van der Waals surface area contributed by atoms with E-state index in [4.69, 9.17) is 4.74 Å². The van der Waals surface area contributed by atoms with Crippen LogP contribution >= 0.6 is 0 Å².